The van der Waals surface area contributed by atoms with Gasteiger partial charge >= 0.3 is 0 Å². The van der Waals surface area contributed by atoms with Crippen LogP contribution in [0.4, 0.5) is 0 Å². The van der Waals surface area contributed by atoms with E-state index in [2.05, 4.69) is 54.0 Å². The Balaban J connectivity index is 0.956. The van der Waals surface area contributed by atoms with Gasteiger partial charge in [-0.25, -0.2) is 0 Å². The van der Waals surface area contributed by atoms with Crippen LogP contribution in [-0.2, 0) is 12.0 Å². The van der Waals surface area contributed by atoms with Crippen LogP contribution in [-0.4, -0.2) is 66.0 Å². The molecule has 0 radical (unpaired) electrons. The summed E-state index contributed by atoms with van der Waals surface area (Å²) >= 11 is 2.11. The molecule has 4 bridgehead atoms. The molecule has 208 valence electrons. The third-order valence-electron chi connectivity index (χ3n) is 11.0. The first-order valence-corrected chi connectivity index (χ1v) is 16.2. The summed E-state index contributed by atoms with van der Waals surface area (Å²) < 4.78 is 12.2. The lowest BCUT2D eigenvalue weighted by atomic mass is 9.43. The number of hydrogen-bond acceptors (Lipinski definition) is 6. The van der Waals surface area contributed by atoms with Gasteiger partial charge in [-0.2, -0.15) is 11.8 Å². The molecule has 5 atom stereocenters. The molecule has 6 heteroatoms. The van der Waals surface area contributed by atoms with Gasteiger partial charge in [0.2, 0.25) is 0 Å². The van der Waals surface area contributed by atoms with Crippen molar-refractivity contribution in [2.45, 2.75) is 94.9 Å². The van der Waals surface area contributed by atoms with Gasteiger partial charge in [0.25, 0.3) is 0 Å². The van der Waals surface area contributed by atoms with Crippen molar-refractivity contribution in [3.05, 3.63) is 35.4 Å². The Labute approximate surface area is 233 Å². The normalized spacial score (nSPS) is 42.5. The van der Waals surface area contributed by atoms with Gasteiger partial charge in [0, 0.05) is 48.7 Å². The van der Waals surface area contributed by atoms with Crippen molar-refractivity contribution in [3.8, 4) is 11.5 Å². The largest absolute Gasteiger partial charge is 0.493 e. The van der Waals surface area contributed by atoms with E-state index in [4.69, 9.17) is 9.47 Å². The average Bonchev–Trinajstić information content (AvgIpc) is 3.07. The van der Waals surface area contributed by atoms with Gasteiger partial charge in [0.15, 0.2) is 11.5 Å². The van der Waals surface area contributed by atoms with Gasteiger partial charge in [0.05, 0.1) is 18.6 Å². The van der Waals surface area contributed by atoms with Crippen LogP contribution in [0, 0.1) is 16.7 Å². The van der Waals surface area contributed by atoms with Crippen LogP contribution in [0.1, 0.15) is 76.3 Å². The lowest BCUT2D eigenvalue weighted by Gasteiger charge is -2.65. The monoisotopic (exact) mass is 538 g/mol. The molecule has 2 heterocycles. The van der Waals surface area contributed by atoms with Crippen molar-refractivity contribution in [1.29, 1.82) is 0 Å². The molecular weight excluding hydrogens is 492 g/mol. The van der Waals surface area contributed by atoms with Crippen molar-refractivity contribution < 1.29 is 14.6 Å². The van der Waals surface area contributed by atoms with Gasteiger partial charge in [0.1, 0.15) is 6.10 Å². The minimum atomic E-state index is -0.428. The highest BCUT2D eigenvalue weighted by Gasteiger charge is 2.59. The van der Waals surface area contributed by atoms with Gasteiger partial charge in [-0.3, -0.25) is 4.90 Å². The molecule has 0 aromatic heterocycles. The number of benzene rings is 1. The molecule has 1 aromatic carbocycles. The molecule has 5 unspecified atom stereocenters. The summed E-state index contributed by atoms with van der Waals surface area (Å²) in [5.41, 5.74) is 4.10. The van der Waals surface area contributed by atoms with E-state index in [1.807, 2.05) is 6.08 Å². The van der Waals surface area contributed by atoms with Gasteiger partial charge in [-0.15, -0.1) is 0 Å². The fraction of sp³-hybridized carbons (Fsp3) is 0.750. The number of nitrogens with zero attached hydrogens (tertiary/aromatic N) is 1. The van der Waals surface area contributed by atoms with Crippen molar-refractivity contribution in [2.75, 3.05) is 38.2 Å². The van der Waals surface area contributed by atoms with Crippen LogP contribution < -0.4 is 14.8 Å². The van der Waals surface area contributed by atoms with Gasteiger partial charge in [-0.1, -0.05) is 32.1 Å². The van der Waals surface area contributed by atoms with Crippen molar-refractivity contribution in [1.82, 2.24) is 10.2 Å². The van der Waals surface area contributed by atoms with Crippen LogP contribution in [0.5, 0.6) is 11.5 Å². The van der Waals surface area contributed by atoms with E-state index in [0.29, 0.717) is 22.8 Å². The van der Waals surface area contributed by atoms with Crippen LogP contribution >= 0.6 is 11.8 Å². The highest BCUT2D eigenvalue weighted by molar-refractivity contribution is 7.99. The predicted octanol–water partition coefficient (Wildman–Crippen LogP) is 5.29. The minimum absolute atomic E-state index is 0.0120. The predicted molar refractivity (Wildman–Crippen MR) is 154 cm³/mol. The summed E-state index contributed by atoms with van der Waals surface area (Å²) in [5, 5.41) is 14.4. The Morgan fingerprint density at radius 3 is 2.71 bits per heavy atom. The molecule has 1 spiro atoms. The number of nitrogens with one attached hydrogen (secondary N) is 1. The maximum absolute atomic E-state index is 10.3. The Bertz CT molecular complexity index is 1100. The number of rotatable bonds is 8. The second kappa shape index (κ2) is 9.15. The molecule has 4 saturated carbocycles. The summed E-state index contributed by atoms with van der Waals surface area (Å²) in [6.07, 6.45) is 14.1. The smallest absolute Gasteiger partial charge is 0.166 e. The molecule has 0 saturated heterocycles. The van der Waals surface area contributed by atoms with Gasteiger partial charge in [-0.05, 0) is 79.9 Å². The highest BCUT2D eigenvalue weighted by Crippen LogP contribution is 2.66. The first-order chi connectivity index (χ1) is 18.2. The average molecular weight is 539 g/mol. The van der Waals surface area contributed by atoms with E-state index in [-0.39, 0.29) is 11.5 Å². The van der Waals surface area contributed by atoms with E-state index in [0.717, 1.165) is 50.0 Å². The maximum atomic E-state index is 10.3. The fourth-order valence-corrected chi connectivity index (χ4v) is 11.4. The summed E-state index contributed by atoms with van der Waals surface area (Å²) in [7, 11) is 1.72. The molecule has 38 heavy (non-hydrogen) atoms. The first-order valence-electron chi connectivity index (χ1n) is 15.0. The Morgan fingerprint density at radius 1 is 1.13 bits per heavy atom. The third-order valence-corrected chi connectivity index (χ3v) is 11.9. The highest BCUT2D eigenvalue weighted by atomic mass is 32.2. The maximum Gasteiger partial charge on any atom is 0.166 e. The fourth-order valence-electron chi connectivity index (χ4n) is 10.5. The minimum Gasteiger partial charge on any atom is -0.493 e. The zero-order valence-corrected chi connectivity index (χ0v) is 24.4. The van der Waals surface area contributed by atoms with E-state index >= 15 is 0 Å². The summed E-state index contributed by atoms with van der Waals surface area (Å²) in [6, 6.07) is 4.31. The second-order valence-electron chi connectivity index (χ2n) is 14.4. The van der Waals surface area contributed by atoms with E-state index in [1.54, 1.807) is 7.11 Å². The zero-order valence-electron chi connectivity index (χ0n) is 23.6. The number of aliphatic hydroxyl groups is 1. The number of hydrogen-bond donors (Lipinski definition) is 2. The van der Waals surface area contributed by atoms with E-state index < -0.39 is 6.10 Å². The lowest BCUT2D eigenvalue weighted by molar-refractivity contribution is -0.117. The standard InChI is InChI=1S/C32H46N2O3S/c1-29-15-22-16-30(2,19-29)21-31(17-22,20-29)33-9-12-38-13-11-34-10-8-32-7-6-24(35)14-26(32)37-28-25(36-3)5-4-23(18-34)27(28)32/h4-7,22,24,26,33,35H,8-21H2,1-3H3. The molecule has 1 aromatic rings. The molecule has 5 nitrogen and oxygen atoms in total. The molecule has 2 aliphatic heterocycles. The van der Waals surface area contributed by atoms with Crippen molar-refractivity contribution >= 4 is 11.8 Å². The third kappa shape index (κ3) is 4.24. The number of thioether (sulfide) groups is 1. The molecule has 2 N–H and O–H groups in total. The molecule has 5 aliphatic carbocycles. The number of aliphatic hydroxyl groups excluding tert-OH is 1. The molecule has 0 amide bonds. The quantitative estimate of drug-likeness (QED) is 0.346. The first kappa shape index (κ1) is 25.7. The number of ether oxygens (including phenoxy) is 2. The molecule has 7 aliphatic rings. The Kier molecular flexibility index (Phi) is 6.20. The van der Waals surface area contributed by atoms with Crippen LogP contribution in [0.2, 0.25) is 0 Å². The van der Waals surface area contributed by atoms with Gasteiger partial charge < -0.3 is 19.9 Å². The van der Waals surface area contributed by atoms with E-state index in [9.17, 15) is 5.11 Å². The van der Waals surface area contributed by atoms with Crippen molar-refractivity contribution in [3.63, 3.8) is 0 Å². The summed E-state index contributed by atoms with van der Waals surface area (Å²) in [6.45, 7) is 9.41. The summed E-state index contributed by atoms with van der Waals surface area (Å²) in [4.78, 5) is 2.63. The Morgan fingerprint density at radius 2 is 1.95 bits per heavy atom. The van der Waals surface area contributed by atoms with Crippen LogP contribution in [0.25, 0.3) is 0 Å². The van der Waals surface area contributed by atoms with Crippen LogP contribution in [0.15, 0.2) is 24.3 Å². The second-order valence-corrected chi connectivity index (χ2v) is 15.6. The zero-order chi connectivity index (χ0) is 26.2. The van der Waals surface area contributed by atoms with Crippen molar-refractivity contribution in [2.24, 2.45) is 16.7 Å². The SMILES string of the molecule is COc1ccc2c3c1OC1CC(O)C=CC31CCN(CCSCCNC13CC4CC(C)(CC(C)(C4)C1)C3)C2. The number of methoxy groups -OCH3 is 1. The molecular formula is C32H46N2O3S. The topological polar surface area (TPSA) is 54.0 Å². The molecule has 8 rings (SSSR count). The van der Waals surface area contributed by atoms with E-state index in [1.165, 1.54) is 61.2 Å². The Hall–Kier alpha value is -1.21. The molecule has 4 fully saturated rings. The summed E-state index contributed by atoms with van der Waals surface area (Å²) in [5.74, 6) is 5.05. The lowest BCUT2D eigenvalue weighted by Crippen LogP contribution is -2.64. The van der Waals surface area contributed by atoms with Crippen LogP contribution in [0.3, 0.4) is 0 Å².